The molecule has 2 aromatic rings. The highest BCUT2D eigenvalue weighted by atomic mass is 32.2. The average Bonchev–Trinajstić information content (AvgIpc) is 3.10. The molecule has 0 amide bonds. The first kappa shape index (κ1) is 16.3. The summed E-state index contributed by atoms with van der Waals surface area (Å²) in [5.74, 6) is 0.790. The van der Waals surface area contributed by atoms with Crippen molar-refractivity contribution in [1.82, 2.24) is 9.88 Å². The molecule has 3 rings (SSSR count). The Morgan fingerprint density at radius 1 is 1.09 bits per heavy atom. The molecule has 0 aromatic carbocycles. The van der Waals surface area contributed by atoms with E-state index in [1.165, 1.54) is 25.3 Å². The predicted octanol–water partition coefficient (Wildman–Crippen LogP) is 3.63. The van der Waals surface area contributed by atoms with Crippen LogP contribution in [0, 0.1) is 6.92 Å². The molecule has 0 saturated heterocycles. The molecular weight excluding hydrogens is 316 g/mol. The zero-order valence-electron chi connectivity index (χ0n) is 13.2. The van der Waals surface area contributed by atoms with Gasteiger partial charge in [0.2, 0.25) is 10.9 Å². The zero-order valence-corrected chi connectivity index (χ0v) is 14.1. The van der Waals surface area contributed by atoms with Crippen molar-refractivity contribution in [3.05, 3.63) is 23.9 Å². The molecule has 0 radical (unpaired) electrons. The monoisotopic (exact) mass is 338 g/mol. The summed E-state index contributed by atoms with van der Waals surface area (Å²) in [6.07, 6.45) is 7.49. The smallest absolute Gasteiger partial charge is 0.274 e. The highest BCUT2D eigenvalue weighted by Crippen LogP contribution is 2.26. The summed E-state index contributed by atoms with van der Waals surface area (Å²) in [6.45, 7) is 1.80. The fourth-order valence-electron chi connectivity index (χ4n) is 2.93. The van der Waals surface area contributed by atoms with Gasteiger partial charge in [0.05, 0.1) is 5.69 Å². The lowest BCUT2D eigenvalue weighted by molar-refractivity contribution is 0.392. The van der Waals surface area contributed by atoms with Gasteiger partial charge in [0.15, 0.2) is 5.76 Å². The van der Waals surface area contributed by atoms with E-state index in [1.807, 2.05) is 0 Å². The second-order valence-electron chi connectivity index (χ2n) is 6.11. The summed E-state index contributed by atoms with van der Waals surface area (Å²) in [4.78, 5) is 0. The van der Waals surface area contributed by atoms with Crippen LogP contribution in [0.15, 0.2) is 32.2 Å². The summed E-state index contributed by atoms with van der Waals surface area (Å²) >= 11 is 0. The van der Waals surface area contributed by atoms with Gasteiger partial charge in [0.1, 0.15) is 0 Å². The Labute approximate surface area is 136 Å². The number of hydrogen-bond acceptors (Lipinski definition) is 5. The molecule has 1 N–H and O–H groups in total. The zero-order chi connectivity index (χ0) is 16.3. The van der Waals surface area contributed by atoms with Crippen LogP contribution in [-0.4, -0.2) is 19.6 Å². The quantitative estimate of drug-likeness (QED) is 0.920. The van der Waals surface area contributed by atoms with Crippen LogP contribution in [0.25, 0.3) is 11.5 Å². The molecule has 6 nitrogen and oxygen atoms in total. The SMILES string of the molecule is Cc1cc(-c2ccc(S(=O)(=O)NC3CCCCCCC3)o2)on1. The maximum atomic E-state index is 12.5. The second kappa shape index (κ2) is 6.88. The Morgan fingerprint density at radius 3 is 2.43 bits per heavy atom. The van der Waals surface area contributed by atoms with Gasteiger partial charge in [-0.25, -0.2) is 13.1 Å². The van der Waals surface area contributed by atoms with Crippen molar-refractivity contribution in [3.8, 4) is 11.5 Å². The summed E-state index contributed by atoms with van der Waals surface area (Å²) in [5.41, 5.74) is 0.716. The third-order valence-electron chi connectivity index (χ3n) is 4.14. The topological polar surface area (TPSA) is 85.3 Å². The van der Waals surface area contributed by atoms with Gasteiger partial charge >= 0.3 is 0 Å². The lowest BCUT2D eigenvalue weighted by atomic mass is 9.97. The molecule has 0 unspecified atom stereocenters. The van der Waals surface area contributed by atoms with E-state index < -0.39 is 10.0 Å². The minimum Gasteiger partial charge on any atom is -0.440 e. The van der Waals surface area contributed by atoms with Gasteiger partial charge in [-0.3, -0.25) is 0 Å². The maximum Gasteiger partial charge on any atom is 0.274 e. The van der Waals surface area contributed by atoms with Gasteiger partial charge in [-0.2, -0.15) is 0 Å². The largest absolute Gasteiger partial charge is 0.440 e. The summed E-state index contributed by atoms with van der Waals surface area (Å²) < 4.78 is 38.3. The number of rotatable bonds is 4. The van der Waals surface area contributed by atoms with E-state index in [-0.39, 0.29) is 11.1 Å². The van der Waals surface area contributed by atoms with Crippen LogP contribution in [0.5, 0.6) is 0 Å². The Morgan fingerprint density at radius 2 is 1.78 bits per heavy atom. The van der Waals surface area contributed by atoms with Gasteiger partial charge in [-0.15, -0.1) is 0 Å². The standard InChI is InChI=1S/C16H22N2O4S/c1-12-11-15(22-17-12)14-9-10-16(21-14)23(19,20)18-13-7-5-3-2-4-6-8-13/h9-11,13,18H,2-8H2,1H3. The number of furan rings is 1. The lowest BCUT2D eigenvalue weighted by Gasteiger charge is -2.20. The van der Waals surface area contributed by atoms with E-state index in [1.54, 1.807) is 19.1 Å². The Bertz CT molecular complexity index is 740. The van der Waals surface area contributed by atoms with E-state index in [2.05, 4.69) is 9.88 Å². The van der Waals surface area contributed by atoms with Crippen LogP contribution >= 0.6 is 0 Å². The van der Waals surface area contributed by atoms with Crippen LogP contribution in [0.1, 0.15) is 50.6 Å². The Balaban J connectivity index is 1.73. The Kier molecular flexibility index (Phi) is 4.87. The van der Waals surface area contributed by atoms with E-state index in [0.717, 1.165) is 25.7 Å². The number of aryl methyl sites for hydroxylation is 1. The predicted molar refractivity (Wildman–Crippen MR) is 85.4 cm³/mol. The van der Waals surface area contributed by atoms with Crippen LogP contribution < -0.4 is 4.72 Å². The third-order valence-corrected chi connectivity index (χ3v) is 5.54. The molecule has 0 aliphatic heterocycles. The van der Waals surface area contributed by atoms with Gasteiger partial charge in [0.25, 0.3) is 10.0 Å². The van der Waals surface area contributed by atoms with E-state index in [0.29, 0.717) is 17.2 Å². The number of hydrogen-bond donors (Lipinski definition) is 1. The summed E-state index contributed by atoms with van der Waals surface area (Å²) in [6, 6.07) is 4.74. The van der Waals surface area contributed by atoms with Gasteiger partial charge in [0, 0.05) is 12.1 Å². The van der Waals surface area contributed by atoms with Crippen molar-refractivity contribution in [3.63, 3.8) is 0 Å². The molecule has 1 aliphatic rings. The van der Waals surface area contributed by atoms with Crippen LogP contribution in [0.3, 0.4) is 0 Å². The Hall–Kier alpha value is -1.60. The highest BCUT2D eigenvalue weighted by Gasteiger charge is 2.24. The highest BCUT2D eigenvalue weighted by molar-refractivity contribution is 7.89. The first-order chi connectivity index (χ1) is 11.0. The van der Waals surface area contributed by atoms with E-state index in [4.69, 9.17) is 8.94 Å². The molecule has 126 valence electrons. The maximum absolute atomic E-state index is 12.5. The van der Waals surface area contributed by atoms with Crippen LogP contribution in [0.4, 0.5) is 0 Å². The van der Waals surface area contributed by atoms with Crippen molar-refractivity contribution >= 4 is 10.0 Å². The van der Waals surface area contributed by atoms with Crippen molar-refractivity contribution in [2.45, 2.75) is 63.0 Å². The fraction of sp³-hybridized carbons (Fsp3) is 0.562. The summed E-state index contributed by atoms with van der Waals surface area (Å²) in [7, 11) is -3.65. The normalized spacial score (nSPS) is 17.8. The fourth-order valence-corrected chi connectivity index (χ4v) is 4.17. The molecule has 2 heterocycles. The van der Waals surface area contributed by atoms with Crippen molar-refractivity contribution < 1.29 is 17.4 Å². The summed E-state index contributed by atoms with van der Waals surface area (Å²) in [5, 5.41) is 3.70. The second-order valence-corrected chi connectivity index (χ2v) is 7.76. The van der Waals surface area contributed by atoms with Crippen LogP contribution in [-0.2, 0) is 10.0 Å². The van der Waals surface area contributed by atoms with Crippen molar-refractivity contribution in [2.75, 3.05) is 0 Å². The minimum absolute atomic E-state index is 0.0126. The molecule has 0 atom stereocenters. The molecule has 1 saturated carbocycles. The first-order valence-electron chi connectivity index (χ1n) is 8.10. The third kappa shape index (κ3) is 4.03. The molecule has 0 spiro atoms. The van der Waals surface area contributed by atoms with Crippen molar-refractivity contribution in [2.24, 2.45) is 0 Å². The minimum atomic E-state index is -3.65. The number of nitrogens with zero attached hydrogens (tertiary/aromatic N) is 1. The average molecular weight is 338 g/mol. The number of nitrogens with one attached hydrogen (secondary N) is 1. The molecular formula is C16H22N2O4S. The van der Waals surface area contributed by atoms with E-state index in [9.17, 15) is 8.42 Å². The molecule has 1 aliphatic carbocycles. The molecule has 1 fully saturated rings. The molecule has 23 heavy (non-hydrogen) atoms. The lowest BCUT2D eigenvalue weighted by Crippen LogP contribution is -2.35. The van der Waals surface area contributed by atoms with E-state index >= 15 is 0 Å². The van der Waals surface area contributed by atoms with Gasteiger partial charge < -0.3 is 8.94 Å². The van der Waals surface area contributed by atoms with Gasteiger partial charge in [-0.1, -0.05) is 37.3 Å². The number of aromatic nitrogens is 1. The van der Waals surface area contributed by atoms with Crippen molar-refractivity contribution in [1.29, 1.82) is 0 Å². The first-order valence-corrected chi connectivity index (χ1v) is 9.59. The molecule has 2 aromatic heterocycles. The molecule has 0 bridgehead atoms. The molecule has 7 heteroatoms. The number of sulfonamides is 1. The van der Waals surface area contributed by atoms with Gasteiger partial charge in [-0.05, 0) is 31.9 Å². The van der Waals surface area contributed by atoms with Crippen LogP contribution in [0.2, 0.25) is 0 Å².